The first-order valence-corrected chi connectivity index (χ1v) is 6.94. The van der Waals surface area contributed by atoms with Crippen LogP contribution in [0.25, 0.3) is 0 Å². The van der Waals surface area contributed by atoms with Crippen LogP contribution in [0.4, 0.5) is 10.1 Å². The molecule has 0 spiro atoms. The number of hydrogen-bond acceptors (Lipinski definition) is 3. The molecule has 116 valence electrons. The summed E-state index contributed by atoms with van der Waals surface area (Å²) in [4.78, 5) is 12.1. The standard InChI is InChI=1S/C16H15ClFNO3/c1-10(22-13-6-7-15(18)14(17)9-13)16(20)19-11-4-3-5-12(8-11)21-2/h3-10H,1-2H3,(H,19,20)/t10-/m1/s1. The molecule has 2 aromatic carbocycles. The first-order valence-electron chi connectivity index (χ1n) is 6.56. The second-order valence-corrected chi connectivity index (χ2v) is 4.96. The maximum atomic E-state index is 13.1. The Labute approximate surface area is 132 Å². The highest BCUT2D eigenvalue weighted by Gasteiger charge is 2.15. The van der Waals surface area contributed by atoms with Crippen molar-refractivity contribution in [2.45, 2.75) is 13.0 Å². The molecule has 6 heteroatoms. The number of anilines is 1. The number of carbonyl (C=O) groups is 1. The van der Waals surface area contributed by atoms with Crippen molar-refractivity contribution < 1.29 is 18.7 Å². The molecule has 0 aliphatic rings. The number of carbonyl (C=O) groups excluding carboxylic acids is 1. The number of nitrogens with one attached hydrogen (secondary N) is 1. The molecule has 0 aliphatic carbocycles. The van der Waals surface area contributed by atoms with Gasteiger partial charge in [0.2, 0.25) is 0 Å². The number of rotatable bonds is 5. The van der Waals surface area contributed by atoms with Gasteiger partial charge in [0, 0.05) is 17.8 Å². The van der Waals surface area contributed by atoms with Gasteiger partial charge in [0.1, 0.15) is 17.3 Å². The molecule has 0 saturated carbocycles. The molecule has 0 unspecified atom stereocenters. The van der Waals surface area contributed by atoms with Crippen molar-refractivity contribution in [1.29, 1.82) is 0 Å². The first-order chi connectivity index (χ1) is 10.5. The molecule has 0 bridgehead atoms. The zero-order chi connectivity index (χ0) is 16.1. The molecule has 4 nitrogen and oxygen atoms in total. The van der Waals surface area contributed by atoms with Crippen molar-refractivity contribution in [2.75, 3.05) is 12.4 Å². The number of ether oxygens (including phenoxy) is 2. The van der Waals surface area contributed by atoms with Crippen LogP contribution in [-0.4, -0.2) is 19.1 Å². The highest BCUT2D eigenvalue weighted by Crippen LogP contribution is 2.22. The highest BCUT2D eigenvalue weighted by atomic mass is 35.5. The van der Waals surface area contributed by atoms with E-state index in [1.54, 1.807) is 38.3 Å². The fourth-order valence-electron chi connectivity index (χ4n) is 1.75. The van der Waals surface area contributed by atoms with E-state index in [-0.39, 0.29) is 10.9 Å². The Morgan fingerprint density at radius 2 is 2.00 bits per heavy atom. The highest BCUT2D eigenvalue weighted by molar-refractivity contribution is 6.30. The summed E-state index contributed by atoms with van der Waals surface area (Å²) >= 11 is 5.67. The fraction of sp³-hybridized carbons (Fsp3) is 0.188. The number of benzene rings is 2. The fourth-order valence-corrected chi connectivity index (χ4v) is 1.92. The van der Waals surface area contributed by atoms with E-state index in [0.717, 1.165) is 0 Å². The predicted octanol–water partition coefficient (Wildman–Crippen LogP) is 3.89. The summed E-state index contributed by atoms with van der Waals surface area (Å²) < 4.78 is 23.6. The molecule has 0 aromatic heterocycles. The summed E-state index contributed by atoms with van der Waals surface area (Å²) in [6, 6.07) is 10.9. The normalized spacial score (nSPS) is 11.6. The van der Waals surface area contributed by atoms with Crippen molar-refractivity contribution in [3.8, 4) is 11.5 Å². The molecular formula is C16H15ClFNO3. The zero-order valence-electron chi connectivity index (χ0n) is 12.1. The van der Waals surface area contributed by atoms with Gasteiger partial charge in [-0.3, -0.25) is 4.79 Å². The third kappa shape index (κ3) is 4.11. The number of hydrogen-bond donors (Lipinski definition) is 1. The SMILES string of the molecule is COc1cccc(NC(=O)[C@@H](C)Oc2ccc(F)c(Cl)c2)c1. The summed E-state index contributed by atoms with van der Waals surface area (Å²) in [5.74, 6) is 0.0765. The van der Waals surface area contributed by atoms with E-state index < -0.39 is 11.9 Å². The van der Waals surface area contributed by atoms with Crippen molar-refractivity contribution in [3.63, 3.8) is 0 Å². The van der Waals surface area contributed by atoms with Crippen LogP contribution in [0.15, 0.2) is 42.5 Å². The molecule has 0 saturated heterocycles. The molecular weight excluding hydrogens is 309 g/mol. The minimum Gasteiger partial charge on any atom is -0.497 e. The van der Waals surface area contributed by atoms with Crippen molar-refractivity contribution in [2.24, 2.45) is 0 Å². The largest absolute Gasteiger partial charge is 0.497 e. The molecule has 2 rings (SSSR count). The second kappa shape index (κ2) is 7.13. The molecule has 2 aromatic rings. The van der Waals surface area contributed by atoms with Crippen LogP contribution in [0.3, 0.4) is 0 Å². The minimum atomic E-state index is -0.771. The van der Waals surface area contributed by atoms with Gasteiger partial charge >= 0.3 is 0 Å². The lowest BCUT2D eigenvalue weighted by molar-refractivity contribution is -0.122. The van der Waals surface area contributed by atoms with Crippen LogP contribution in [0, 0.1) is 5.82 Å². The summed E-state index contributed by atoms with van der Waals surface area (Å²) in [5.41, 5.74) is 0.594. The minimum absolute atomic E-state index is 0.0575. The van der Waals surface area contributed by atoms with Gasteiger partial charge in [0.15, 0.2) is 6.10 Å². The third-order valence-electron chi connectivity index (χ3n) is 2.91. The van der Waals surface area contributed by atoms with E-state index >= 15 is 0 Å². The van der Waals surface area contributed by atoms with Crippen LogP contribution < -0.4 is 14.8 Å². The molecule has 0 aliphatic heterocycles. The van der Waals surface area contributed by atoms with Crippen LogP contribution >= 0.6 is 11.6 Å². The molecule has 1 atom stereocenters. The van der Waals surface area contributed by atoms with E-state index in [1.807, 2.05) is 0 Å². The first kappa shape index (κ1) is 16.1. The average molecular weight is 324 g/mol. The van der Waals surface area contributed by atoms with Crippen molar-refractivity contribution in [3.05, 3.63) is 53.3 Å². The second-order valence-electron chi connectivity index (χ2n) is 4.56. The Hall–Kier alpha value is -2.27. The number of halogens is 2. The average Bonchev–Trinajstić information content (AvgIpc) is 2.51. The molecule has 1 N–H and O–H groups in total. The van der Waals surface area contributed by atoms with E-state index in [0.29, 0.717) is 17.2 Å². The van der Waals surface area contributed by atoms with E-state index in [9.17, 15) is 9.18 Å². The Kier molecular flexibility index (Phi) is 5.22. The summed E-state index contributed by atoms with van der Waals surface area (Å²) in [7, 11) is 1.55. The van der Waals surface area contributed by atoms with Gasteiger partial charge in [-0.2, -0.15) is 0 Å². The number of methoxy groups -OCH3 is 1. The van der Waals surface area contributed by atoms with Gasteiger partial charge in [0.25, 0.3) is 5.91 Å². The van der Waals surface area contributed by atoms with E-state index in [1.165, 1.54) is 18.2 Å². The van der Waals surface area contributed by atoms with Crippen LogP contribution in [0.2, 0.25) is 5.02 Å². The van der Waals surface area contributed by atoms with Gasteiger partial charge in [-0.15, -0.1) is 0 Å². The maximum Gasteiger partial charge on any atom is 0.265 e. The topological polar surface area (TPSA) is 47.6 Å². The van der Waals surface area contributed by atoms with Crippen LogP contribution in [-0.2, 0) is 4.79 Å². The van der Waals surface area contributed by atoms with Gasteiger partial charge in [-0.25, -0.2) is 4.39 Å². The molecule has 0 heterocycles. The van der Waals surface area contributed by atoms with Crippen LogP contribution in [0.1, 0.15) is 6.92 Å². The maximum absolute atomic E-state index is 13.1. The van der Waals surface area contributed by atoms with Gasteiger partial charge < -0.3 is 14.8 Å². The van der Waals surface area contributed by atoms with Gasteiger partial charge in [-0.05, 0) is 31.2 Å². The summed E-state index contributed by atoms with van der Waals surface area (Å²) in [6.45, 7) is 1.59. The summed E-state index contributed by atoms with van der Waals surface area (Å²) in [6.07, 6.45) is -0.771. The van der Waals surface area contributed by atoms with Crippen molar-refractivity contribution in [1.82, 2.24) is 0 Å². The lowest BCUT2D eigenvalue weighted by Crippen LogP contribution is -2.30. The van der Waals surface area contributed by atoms with E-state index in [4.69, 9.17) is 21.1 Å². The summed E-state index contributed by atoms with van der Waals surface area (Å²) in [5, 5.41) is 2.65. The lowest BCUT2D eigenvalue weighted by atomic mass is 10.2. The van der Waals surface area contributed by atoms with Gasteiger partial charge in [-0.1, -0.05) is 17.7 Å². The van der Waals surface area contributed by atoms with E-state index in [2.05, 4.69) is 5.32 Å². The molecule has 0 fully saturated rings. The molecule has 0 radical (unpaired) electrons. The Morgan fingerprint density at radius 3 is 2.68 bits per heavy atom. The Bertz CT molecular complexity index is 678. The Balaban J connectivity index is 2.00. The van der Waals surface area contributed by atoms with Gasteiger partial charge in [0.05, 0.1) is 12.1 Å². The third-order valence-corrected chi connectivity index (χ3v) is 3.20. The predicted molar refractivity (Wildman–Crippen MR) is 83.1 cm³/mol. The molecule has 1 amide bonds. The Morgan fingerprint density at radius 1 is 1.23 bits per heavy atom. The smallest absolute Gasteiger partial charge is 0.265 e. The van der Waals surface area contributed by atoms with Crippen molar-refractivity contribution >= 4 is 23.2 Å². The number of amides is 1. The zero-order valence-corrected chi connectivity index (χ0v) is 12.9. The lowest BCUT2D eigenvalue weighted by Gasteiger charge is -2.15. The monoisotopic (exact) mass is 323 g/mol. The quantitative estimate of drug-likeness (QED) is 0.908. The van der Waals surface area contributed by atoms with Crippen LogP contribution in [0.5, 0.6) is 11.5 Å². The molecule has 22 heavy (non-hydrogen) atoms.